The smallest absolute Gasteiger partial charge is 0.139 e. The lowest BCUT2D eigenvalue weighted by atomic mass is 10.0. The highest BCUT2D eigenvalue weighted by Crippen LogP contribution is 2.14. The number of rotatable bonds is 2. The average molecular weight is 130 g/mol. The molecule has 0 aromatic heterocycles. The molecule has 2 heteroatoms. The number of aliphatic hydroxyl groups is 1. The summed E-state index contributed by atoms with van der Waals surface area (Å²) in [5, 5.41) is 8.95. The van der Waals surface area contributed by atoms with Gasteiger partial charge in [-0.3, -0.25) is 0 Å². The molecule has 0 aliphatic rings. The van der Waals surface area contributed by atoms with Crippen LogP contribution in [-0.4, -0.2) is 16.9 Å². The molecular weight excluding hydrogens is 119 g/mol. The molecule has 1 unspecified atom stereocenters. The van der Waals surface area contributed by atoms with E-state index in [-0.39, 0.29) is 6.42 Å². The number of halogens is 1. The maximum atomic E-state index is 12.5. The summed E-state index contributed by atoms with van der Waals surface area (Å²) in [7, 11) is 0. The Morgan fingerprint density at radius 1 is 1.78 bits per heavy atom. The predicted octanol–water partition coefficient (Wildman–Crippen LogP) is 1.12. The lowest BCUT2D eigenvalue weighted by Gasteiger charge is -2.19. The average Bonchev–Trinajstić information content (AvgIpc) is 1.64. The van der Waals surface area contributed by atoms with Gasteiger partial charge in [0.05, 0.1) is 5.60 Å². The number of terminal acetylenes is 1. The zero-order valence-electron chi connectivity index (χ0n) is 5.69. The van der Waals surface area contributed by atoms with Crippen molar-refractivity contribution in [1.29, 1.82) is 0 Å². The fraction of sp³-hybridized carbons (Fsp3) is 0.714. The van der Waals surface area contributed by atoms with Gasteiger partial charge in [-0.1, -0.05) is 0 Å². The van der Waals surface area contributed by atoms with E-state index in [1.165, 1.54) is 13.8 Å². The minimum Gasteiger partial charge on any atom is -0.387 e. The summed E-state index contributed by atoms with van der Waals surface area (Å²) in [5.41, 5.74) is -1.30. The lowest BCUT2D eigenvalue weighted by Crippen LogP contribution is -2.31. The van der Waals surface area contributed by atoms with Crippen LogP contribution in [0.25, 0.3) is 0 Å². The number of alkyl halides is 1. The molecule has 0 fully saturated rings. The van der Waals surface area contributed by atoms with Crippen LogP contribution in [-0.2, 0) is 0 Å². The van der Waals surface area contributed by atoms with Gasteiger partial charge >= 0.3 is 0 Å². The fourth-order valence-electron chi connectivity index (χ4n) is 0.353. The van der Waals surface area contributed by atoms with Crippen LogP contribution in [0.1, 0.15) is 20.3 Å². The van der Waals surface area contributed by atoms with Gasteiger partial charge in [-0.25, -0.2) is 4.39 Å². The van der Waals surface area contributed by atoms with Gasteiger partial charge in [-0.2, -0.15) is 0 Å². The second-order valence-corrected chi connectivity index (χ2v) is 2.53. The van der Waals surface area contributed by atoms with Gasteiger partial charge < -0.3 is 5.11 Å². The molecule has 0 aliphatic carbocycles. The van der Waals surface area contributed by atoms with Gasteiger partial charge in [-0.05, 0) is 13.8 Å². The Balaban J connectivity index is 3.76. The van der Waals surface area contributed by atoms with Crippen LogP contribution in [0.15, 0.2) is 0 Å². The monoisotopic (exact) mass is 130 g/mol. The van der Waals surface area contributed by atoms with Gasteiger partial charge in [0.25, 0.3) is 0 Å². The second-order valence-electron chi connectivity index (χ2n) is 2.53. The Morgan fingerprint density at radius 3 is 2.33 bits per heavy atom. The van der Waals surface area contributed by atoms with Crippen molar-refractivity contribution in [2.75, 3.05) is 0 Å². The van der Waals surface area contributed by atoms with Crippen LogP contribution in [0.4, 0.5) is 4.39 Å². The highest BCUT2D eigenvalue weighted by Gasteiger charge is 2.24. The summed E-state index contributed by atoms with van der Waals surface area (Å²) in [6.07, 6.45) is 3.48. The molecule has 0 aromatic rings. The summed E-state index contributed by atoms with van der Waals surface area (Å²) < 4.78 is 12.5. The van der Waals surface area contributed by atoms with E-state index in [4.69, 9.17) is 11.5 Å². The molecule has 0 spiro atoms. The first-order valence-corrected chi connectivity index (χ1v) is 2.78. The molecule has 0 amide bonds. The van der Waals surface area contributed by atoms with Gasteiger partial charge in [0, 0.05) is 6.42 Å². The van der Waals surface area contributed by atoms with Crippen molar-refractivity contribution in [3.63, 3.8) is 0 Å². The quantitative estimate of drug-likeness (QED) is 0.555. The molecule has 1 nitrogen and oxygen atoms in total. The van der Waals surface area contributed by atoms with Crippen molar-refractivity contribution >= 4 is 0 Å². The second kappa shape index (κ2) is 2.84. The van der Waals surface area contributed by atoms with Crippen LogP contribution >= 0.6 is 0 Å². The molecule has 1 atom stereocenters. The molecule has 0 rings (SSSR count). The van der Waals surface area contributed by atoms with Crippen LogP contribution in [0, 0.1) is 12.3 Å². The Bertz CT molecular complexity index is 118. The number of hydrogen-bond donors (Lipinski definition) is 1. The third kappa shape index (κ3) is 3.10. The van der Waals surface area contributed by atoms with E-state index in [9.17, 15) is 4.39 Å². The molecule has 0 radical (unpaired) electrons. The zero-order chi connectivity index (χ0) is 7.49. The summed E-state index contributed by atoms with van der Waals surface area (Å²) in [6.45, 7) is 2.80. The molecule has 0 saturated heterocycles. The lowest BCUT2D eigenvalue weighted by molar-refractivity contribution is -0.000446. The topological polar surface area (TPSA) is 20.2 Å². The molecule has 0 heterocycles. The standard InChI is InChI=1S/C7H11FO/c1-4-5-6(8)7(2,3)9/h1,6,9H,5H2,2-3H3. The first kappa shape index (κ1) is 8.45. The molecule has 1 N–H and O–H groups in total. The third-order valence-corrected chi connectivity index (χ3v) is 1.06. The van der Waals surface area contributed by atoms with E-state index in [1.807, 2.05) is 0 Å². The molecule has 9 heavy (non-hydrogen) atoms. The largest absolute Gasteiger partial charge is 0.387 e. The highest BCUT2D eigenvalue weighted by molar-refractivity contribution is 4.92. The summed E-state index contributed by atoms with van der Waals surface area (Å²) in [4.78, 5) is 0. The van der Waals surface area contributed by atoms with E-state index in [1.54, 1.807) is 0 Å². The fourth-order valence-corrected chi connectivity index (χ4v) is 0.353. The van der Waals surface area contributed by atoms with E-state index in [2.05, 4.69) is 5.92 Å². The molecule has 0 bridgehead atoms. The molecule has 52 valence electrons. The van der Waals surface area contributed by atoms with Crippen molar-refractivity contribution in [1.82, 2.24) is 0 Å². The Kier molecular flexibility index (Phi) is 2.66. The SMILES string of the molecule is C#CCC(F)C(C)(C)O. The van der Waals surface area contributed by atoms with Gasteiger partial charge in [0.15, 0.2) is 0 Å². The Morgan fingerprint density at radius 2 is 2.22 bits per heavy atom. The van der Waals surface area contributed by atoms with E-state index >= 15 is 0 Å². The normalized spacial score (nSPS) is 14.6. The molecule has 0 aromatic carbocycles. The van der Waals surface area contributed by atoms with Crippen LogP contribution in [0.2, 0.25) is 0 Å². The van der Waals surface area contributed by atoms with Crippen molar-refractivity contribution in [2.24, 2.45) is 0 Å². The van der Waals surface area contributed by atoms with Crippen molar-refractivity contribution < 1.29 is 9.50 Å². The zero-order valence-corrected chi connectivity index (χ0v) is 5.69. The van der Waals surface area contributed by atoms with Crippen LogP contribution in [0.5, 0.6) is 0 Å². The third-order valence-electron chi connectivity index (χ3n) is 1.06. The minimum absolute atomic E-state index is 0.0243. The van der Waals surface area contributed by atoms with Crippen LogP contribution < -0.4 is 0 Å². The Hall–Kier alpha value is -0.550. The Labute approximate surface area is 54.9 Å². The first-order valence-electron chi connectivity index (χ1n) is 2.78. The maximum absolute atomic E-state index is 12.5. The van der Waals surface area contributed by atoms with Crippen molar-refractivity contribution in [2.45, 2.75) is 32.0 Å². The summed E-state index contributed by atoms with van der Waals surface area (Å²) >= 11 is 0. The van der Waals surface area contributed by atoms with E-state index in [0.29, 0.717) is 0 Å². The van der Waals surface area contributed by atoms with Crippen LogP contribution in [0.3, 0.4) is 0 Å². The minimum atomic E-state index is -1.32. The predicted molar refractivity (Wildman–Crippen MR) is 34.6 cm³/mol. The van der Waals surface area contributed by atoms with Gasteiger partial charge in [-0.15, -0.1) is 12.3 Å². The summed E-state index contributed by atoms with van der Waals surface area (Å²) in [6, 6.07) is 0. The van der Waals surface area contributed by atoms with Gasteiger partial charge in [0.1, 0.15) is 6.17 Å². The maximum Gasteiger partial charge on any atom is 0.139 e. The molecular formula is C7H11FO. The molecule has 0 aliphatic heterocycles. The van der Waals surface area contributed by atoms with E-state index in [0.717, 1.165) is 0 Å². The molecule has 0 saturated carbocycles. The number of hydrogen-bond acceptors (Lipinski definition) is 1. The van der Waals surface area contributed by atoms with E-state index < -0.39 is 11.8 Å². The van der Waals surface area contributed by atoms with Crippen molar-refractivity contribution in [3.8, 4) is 12.3 Å². The highest BCUT2D eigenvalue weighted by atomic mass is 19.1. The van der Waals surface area contributed by atoms with Gasteiger partial charge in [0.2, 0.25) is 0 Å². The van der Waals surface area contributed by atoms with Crippen molar-refractivity contribution in [3.05, 3.63) is 0 Å². The first-order chi connectivity index (χ1) is 3.98. The summed E-state index contributed by atoms with van der Waals surface area (Å²) in [5.74, 6) is 2.14.